The number of nitrogens with zero attached hydrogens (tertiary/aromatic N) is 2. The normalized spacial score (nSPS) is 15.2. The smallest absolute Gasteiger partial charge is 0.412 e. The van der Waals surface area contributed by atoms with Crippen LogP contribution in [-0.2, 0) is 16.0 Å². The van der Waals surface area contributed by atoms with Crippen molar-refractivity contribution in [2.45, 2.75) is 39.7 Å². The van der Waals surface area contributed by atoms with E-state index in [1.54, 1.807) is 18.2 Å². The summed E-state index contributed by atoms with van der Waals surface area (Å²) in [6.07, 6.45) is -0.835. The molecule has 1 aliphatic carbocycles. The van der Waals surface area contributed by atoms with Crippen molar-refractivity contribution in [3.63, 3.8) is 0 Å². The number of carbonyl (C=O) groups excluding carboxylic acids is 2. The quantitative estimate of drug-likeness (QED) is 0.810. The first-order valence-corrected chi connectivity index (χ1v) is 9.83. The van der Waals surface area contributed by atoms with E-state index in [0.29, 0.717) is 11.3 Å². The van der Waals surface area contributed by atoms with Crippen LogP contribution in [0.5, 0.6) is 0 Å². The lowest BCUT2D eigenvalue weighted by Crippen LogP contribution is -2.25. The number of ether oxygens (including phenoxy) is 1. The maximum atomic E-state index is 12.5. The summed E-state index contributed by atoms with van der Waals surface area (Å²) in [5.74, 6) is -0.00912. The van der Waals surface area contributed by atoms with Crippen molar-refractivity contribution in [3.05, 3.63) is 58.7 Å². The number of carbonyl (C=O) groups is 2. The Labute approximate surface area is 171 Å². The molecule has 2 aromatic carbocycles. The highest BCUT2D eigenvalue weighted by Gasteiger charge is 2.28. The molecule has 6 nitrogen and oxygen atoms in total. The van der Waals surface area contributed by atoms with Crippen LogP contribution < -0.4 is 10.2 Å². The average molecular weight is 391 g/mol. The number of nitriles is 1. The van der Waals surface area contributed by atoms with Gasteiger partial charge in [-0.2, -0.15) is 5.26 Å². The van der Waals surface area contributed by atoms with Crippen LogP contribution in [0.2, 0.25) is 0 Å². The van der Waals surface area contributed by atoms with E-state index in [1.165, 1.54) is 0 Å². The van der Waals surface area contributed by atoms with E-state index in [9.17, 15) is 9.59 Å². The minimum atomic E-state index is -0.644. The summed E-state index contributed by atoms with van der Waals surface area (Å²) in [5, 5.41) is 11.8. The molecule has 1 aliphatic rings. The summed E-state index contributed by atoms with van der Waals surface area (Å²) in [7, 11) is 0. The van der Waals surface area contributed by atoms with Crippen LogP contribution >= 0.6 is 0 Å². The minimum Gasteiger partial charge on any atom is -0.441 e. The van der Waals surface area contributed by atoms with Gasteiger partial charge in [0.15, 0.2) is 0 Å². The van der Waals surface area contributed by atoms with Crippen molar-refractivity contribution in [2.75, 3.05) is 23.3 Å². The van der Waals surface area contributed by atoms with Gasteiger partial charge in [0.2, 0.25) is 0 Å². The fraction of sp³-hybridized carbons (Fsp3) is 0.348. The zero-order chi connectivity index (χ0) is 21.0. The van der Waals surface area contributed by atoms with E-state index in [-0.39, 0.29) is 18.6 Å². The number of hydrogen-bond donors (Lipinski definition) is 1. The van der Waals surface area contributed by atoms with Gasteiger partial charge in [0.05, 0.1) is 11.6 Å². The maximum absolute atomic E-state index is 12.5. The number of benzene rings is 2. The third-order valence-electron chi connectivity index (χ3n) is 5.24. The molecule has 0 aliphatic heterocycles. The van der Waals surface area contributed by atoms with Crippen molar-refractivity contribution >= 4 is 23.3 Å². The molecule has 1 unspecified atom stereocenters. The second-order valence-electron chi connectivity index (χ2n) is 7.14. The third-order valence-corrected chi connectivity index (χ3v) is 5.24. The molecule has 0 bridgehead atoms. The number of rotatable bonds is 5. The standard InChI is InChI=1S/C23H25N3O3/c1-4-26(5-2)18-7-9-21(15(3)10-18)25-23(28)29-22-13-19(27)12-17-11-16(14-24)6-8-20(17)22/h6-11,22H,4-5,12-13H2,1-3H3,(H,25,28). The molecule has 6 heteroatoms. The average Bonchev–Trinajstić information content (AvgIpc) is 2.70. The molecule has 0 spiro atoms. The molecular weight excluding hydrogens is 366 g/mol. The lowest BCUT2D eigenvalue weighted by atomic mass is 9.87. The molecule has 2 aromatic rings. The van der Waals surface area contributed by atoms with E-state index in [4.69, 9.17) is 10.00 Å². The number of amides is 1. The number of Topliss-reactive ketones (excluding diaryl/α,β-unsaturated/α-hetero) is 1. The summed E-state index contributed by atoms with van der Waals surface area (Å²) in [6, 6.07) is 13.1. The Morgan fingerprint density at radius 3 is 2.66 bits per heavy atom. The Morgan fingerprint density at radius 1 is 1.24 bits per heavy atom. The number of ketones is 1. The Morgan fingerprint density at radius 2 is 2.00 bits per heavy atom. The molecule has 1 atom stereocenters. The zero-order valence-corrected chi connectivity index (χ0v) is 17.0. The Bertz CT molecular complexity index is 974. The lowest BCUT2D eigenvalue weighted by molar-refractivity contribution is -0.121. The largest absolute Gasteiger partial charge is 0.441 e. The lowest BCUT2D eigenvalue weighted by Gasteiger charge is -2.25. The monoisotopic (exact) mass is 391 g/mol. The zero-order valence-electron chi connectivity index (χ0n) is 17.0. The molecule has 3 rings (SSSR count). The van der Waals surface area contributed by atoms with Crippen LogP contribution in [0.15, 0.2) is 36.4 Å². The highest BCUT2D eigenvalue weighted by molar-refractivity contribution is 5.88. The van der Waals surface area contributed by atoms with E-state index >= 15 is 0 Å². The van der Waals surface area contributed by atoms with Crippen molar-refractivity contribution in [3.8, 4) is 6.07 Å². The van der Waals surface area contributed by atoms with Gasteiger partial charge in [-0.05, 0) is 67.8 Å². The van der Waals surface area contributed by atoms with Crippen LogP contribution in [0.25, 0.3) is 0 Å². The van der Waals surface area contributed by atoms with Crippen LogP contribution in [0.3, 0.4) is 0 Å². The maximum Gasteiger partial charge on any atom is 0.412 e. The van der Waals surface area contributed by atoms with Gasteiger partial charge in [0, 0.05) is 37.3 Å². The Balaban J connectivity index is 1.73. The van der Waals surface area contributed by atoms with Gasteiger partial charge < -0.3 is 9.64 Å². The number of fused-ring (bicyclic) bond motifs is 1. The molecule has 0 aromatic heterocycles. The van der Waals surface area contributed by atoms with Gasteiger partial charge in [0.25, 0.3) is 0 Å². The van der Waals surface area contributed by atoms with Gasteiger partial charge in [-0.1, -0.05) is 6.07 Å². The van der Waals surface area contributed by atoms with Crippen molar-refractivity contribution < 1.29 is 14.3 Å². The van der Waals surface area contributed by atoms with Crippen molar-refractivity contribution in [1.82, 2.24) is 0 Å². The van der Waals surface area contributed by atoms with Crippen LogP contribution in [0.1, 0.15) is 48.6 Å². The topological polar surface area (TPSA) is 82.4 Å². The highest BCUT2D eigenvalue weighted by Crippen LogP contribution is 2.32. The van der Waals surface area contributed by atoms with Crippen LogP contribution in [0.4, 0.5) is 16.2 Å². The summed E-state index contributed by atoms with van der Waals surface area (Å²) in [4.78, 5) is 26.8. The van der Waals surface area contributed by atoms with Crippen molar-refractivity contribution in [1.29, 1.82) is 5.26 Å². The van der Waals surface area contributed by atoms with Gasteiger partial charge in [-0.15, -0.1) is 0 Å². The van der Waals surface area contributed by atoms with Gasteiger partial charge >= 0.3 is 6.09 Å². The van der Waals surface area contributed by atoms with E-state index in [0.717, 1.165) is 35.5 Å². The molecular formula is C23H25N3O3. The number of aryl methyl sites for hydroxylation is 1. The Hall–Kier alpha value is -3.33. The van der Waals surface area contributed by atoms with Crippen LogP contribution in [-0.4, -0.2) is 25.0 Å². The molecule has 0 heterocycles. The van der Waals surface area contributed by atoms with Gasteiger partial charge in [-0.25, -0.2) is 4.79 Å². The van der Waals surface area contributed by atoms with E-state index in [2.05, 4.69) is 30.1 Å². The first-order chi connectivity index (χ1) is 13.9. The van der Waals surface area contributed by atoms with Gasteiger partial charge in [-0.3, -0.25) is 10.1 Å². The fourth-order valence-electron chi connectivity index (χ4n) is 3.69. The van der Waals surface area contributed by atoms with E-state index in [1.807, 2.05) is 25.1 Å². The number of anilines is 2. The predicted octanol–water partition coefficient (Wildman–Crippen LogP) is 4.52. The first kappa shape index (κ1) is 20.4. The molecule has 1 amide bonds. The van der Waals surface area contributed by atoms with Crippen molar-refractivity contribution in [2.24, 2.45) is 0 Å². The molecule has 0 fully saturated rings. The fourth-order valence-corrected chi connectivity index (χ4v) is 3.69. The second kappa shape index (κ2) is 8.78. The molecule has 0 radical (unpaired) electrons. The third kappa shape index (κ3) is 4.57. The molecule has 29 heavy (non-hydrogen) atoms. The minimum absolute atomic E-state index is 0.00912. The second-order valence-corrected chi connectivity index (χ2v) is 7.14. The Kier molecular flexibility index (Phi) is 6.18. The highest BCUT2D eigenvalue weighted by atomic mass is 16.6. The molecule has 1 N–H and O–H groups in total. The number of nitrogens with one attached hydrogen (secondary N) is 1. The summed E-state index contributed by atoms with van der Waals surface area (Å²) in [5.41, 5.74) is 4.74. The predicted molar refractivity (Wildman–Crippen MR) is 112 cm³/mol. The first-order valence-electron chi connectivity index (χ1n) is 9.83. The summed E-state index contributed by atoms with van der Waals surface area (Å²) in [6.45, 7) is 7.96. The number of hydrogen-bond acceptors (Lipinski definition) is 5. The van der Waals surface area contributed by atoms with Crippen LogP contribution in [0, 0.1) is 18.3 Å². The van der Waals surface area contributed by atoms with E-state index < -0.39 is 12.2 Å². The molecule has 0 saturated carbocycles. The SMILES string of the molecule is CCN(CC)c1ccc(NC(=O)OC2CC(=O)Cc3cc(C#N)ccc32)c(C)c1. The van der Waals surface area contributed by atoms with Gasteiger partial charge in [0.1, 0.15) is 11.9 Å². The molecule has 150 valence electrons. The summed E-state index contributed by atoms with van der Waals surface area (Å²) < 4.78 is 5.58. The summed E-state index contributed by atoms with van der Waals surface area (Å²) >= 11 is 0. The molecule has 0 saturated heterocycles.